The molecule has 0 unspecified atom stereocenters. The first-order valence-electron chi connectivity index (χ1n) is 7.09. The number of anilines is 1. The summed E-state index contributed by atoms with van der Waals surface area (Å²) in [7, 11) is 0. The molecule has 0 heterocycles. The van der Waals surface area contributed by atoms with Gasteiger partial charge in [-0.05, 0) is 32.0 Å². The fourth-order valence-corrected chi connectivity index (χ4v) is 2.25. The second kappa shape index (κ2) is 6.82. The van der Waals surface area contributed by atoms with Crippen molar-refractivity contribution in [2.24, 2.45) is 0 Å². The summed E-state index contributed by atoms with van der Waals surface area (Å²) >= 11 is 0. The predicted molar refractivity (Wildman–Crippen MR) is 90.9 cm³/mol. The molecule has 0 aliphatic carbocycles. The van der Waals surface area contributed by atoms with Gasteiger partial charge in [-0.15, -0.1) is 0 Å². The standard InChI is InChI=1S/C17H17N3O4/c1-10-6-11(2)8-13(7-10)17(22)19-12(3)18-15-9-14(20(23)24)4-5-16(15)21/h4-9,18,21H,3H2,1-2H3,(H,19,22). The van der Waals surface area contributed by atoms with Gasteiger partial charge in [0.25, 0.3) is 11.6 Å². The number of benzene rings is 2. The molecule has 0 atom stereocenters. The fraction of sp³-hybridized carbons (Fsp3) is 0.118. The number of nitro benzene ring substituents is 1. The number of nitrogens with one attached hydrogen (secondary N) is 2. The van der Waals surface area contributed by atoms with Gasteiger partial charge in [-0.25, -0.2) is 0 Å². The van der Waals surface area contributed by atoms with Crippen molar-refractivity contribution >= 4 is 17.3 Å². The van der Waals surface area contributed by atoms with Crippen LogP contribution in [0.25, 0.3) is 0 Å². The molecule has 0 aliphatic heterocycles. The number of aromatic hydroxyl groups is 1. The number of aryl methyl sites for hydroxylation is 2. The minimum absolute atomic E-state index is 0.0786. The predicted octanol–water partition coefficient (Wildman–Crippen LogP) is 3.23. The van der Waals surface area contributed by atoms with Crippen molar-refractivity contribution < 1.29 is 14.8 Å². The van der Waals surface area contributed by atoms with Gasteiger partial charge >= 0.3 is 0 Å². The van der Waals surface area contributed by atoms with Gasteiger partial charge in [0, 0.05) is 17.7 Å². The zero-order valence-corrected chi connectivity index (χ0v) is 13.3. The smallest absolute Gasteiger partial charge is 0.271 e. The molecule has 124 valence electrons. The highest BCUT2D eigenvalue weighted by Crippen LogP contribution is 2.28. The highest BCUT2D eigenvalue weighted by atomic mass is 16.6. The van der Waals surface area contributed by atoms with E-state index in [-0.39, 0.29) is 28.9 Å². The Bertz CT molecular complexity index is 810. The van der Waals surface area contributed by atoms with Crippen LogP contribution < -0.4 is 10.6 Å². The van der Waals surface area contributed by atoms with E-state index in [1.807, 2.05) is 19.9 Å². The first-order chi connectivity index (χ1) is 11.3. The quantitative estimate of drug-likeness (QED) is 0.444. The van der Waals surface area contributed by atoms with Crippen molar-refractivity contribution in [1.82, 2.24) is 5.32 Å². The average Bonchev–Trinajstić information content (AvgIpc) is 2.48. The summed E-state index contributed by atoms with van der Waals surface area (Å²) in [5, 5.41) is 25.7. The number of hydrogen-bond donors (Lipinski definition) is 3. The number of nitro groups is 1. The van der Waals surface area contributed by atoms with Crippen LogP contribution in [0.4, 0.5) is 11.4 Å². The van der Waals surface area contributed by atoms with Crippen molar-refractivity contribution in [1.29, 1.82) is 0 Å². The van der Waals surface area contributed by atoms with Crippen LogP contribution in [0.3, 0.4) is 0 Å². The number of carbonyl (C=O) groups is 1. The molecule has 24 heavy (non-hydrogen) atoms. The molecule has 2 aromatic rings. The molecular weight excluding hydrogens is 310 g/mol. The summed E-state index contributed by atoms with van der Waals surface area (Å²) in [5.74, 6) is -0.471. The van der Waals surface area contributed by atoms with Crippen LogP contribution in [-0.2, 0) is 0 Å². The third-order valence-corrected chi connectivity index (χ3v) is 3.22. The number of carbonyl (C=O) groups excluding carboxylic acids is 1. The summed E-state index contributed by atoms with van der Waals surface area (Å²) < 4.78 is 0. The first kappa shape index (κ1) is 17.0. The number of rotatable bonds is 5. The van der Waals surface area contributed by atoms with Gasteiger partial charge in [0.05, 0.1) is 10.6 Å². The van der Waals surface area contributed by atoms with E-state index < -0.39 is 4.92 Å². The summed E-state index contributed by atoms with van der Waals surface area (Å²) in [6, 6.07) is 8.95. The Kier molecular flexibility index (Phi) is 4.84. The molecule has 0 saturated carbocycles. The Labute approximate surface area is 138 Å². The van der Waals surface area contributed by atoms with Crippen LogP contribution in [0.1, 0.15) is 21.5 Å². The fourth-order valence-electron chi connectivity index (χ4n) is 2.25. The van der Waals surface area contributed by atoms with Crippen molar-refractivity contribution in [2.75, 3.05) is 5.32 Å². The van der Waals surface area contributed by atoms with E-state index >= 15 is 0 Å². The molecule has 2 rings (SSSR count). The Morgan fingerprint density at radius 3 is 2.38 bits per heavy atom. The number of phenolic OH excluding ortho intramolecular Hbond substituents is 1. The minimum Gasteiger partial charge on any atom is -0.506 e. The van der Waals surface area contributed by atoms with E-state index in [4.69, 9.17) is 0 Å². The van der Waals surface area contributed by atoms with Crippen LogP contribution >= 0.6 is 0 Å². The Morgan fingerprint density at radius 1 is 1.17 bits per heavy atom. The number of phenols is 1. The molecule has 7 nitrogen and oxygen atoms in total. The van der Waals surface area contributed by atoms with Gasteiger partial charge in [-0.3, -0.25) is 14.9 Å². The van der Waals surface area contributed by atoms with Crippen LogP contribution in [0.2, 0.25) is 0 Å². The lowest BCUT2D eigenvalue weighted by Gasteiger charge is -2.13. The Hall–Kier alpha value is -3.35. The largest absolute Gasteiger partial charge is 0.506 e. The van der Waals surface area contributed by atoms with Crippen molar-refractivity contribution in [3.05, 3.63) is 75.6 Å². The van der Waals surface area contributed by atoms with E-state index in [1.165, 1.54) is 12.1 Å². The summed E-state index contributed by atoms with van der Waals surface area (Å²) in [5.41, 5.74) is 2.27. The lowest BCUT2D eigenvalue weighted by Crippen LogP contribution is -2.26. The highest BCUT2D eigenvalue weighted by molar-refractivity contribution is 5.96. The number of non-ortho nitro benzene ring substituents is 1. The maximum Gasteiger partial charge on any atom is 0.271 e. The van der Waals surface area contributed by atoms with E-state index in [2.05, 4.69) is 17.2 Å². The maximum absolute atomic E-state index is 12.2. The Balaban J connectivity index is 2.12. The molecule has 3 N–H and O–H groups in total. The molecule has 0 radical (unpaired) electrons. The van der Waals surface area contributed by atoms with Crippen LogP contribution in [0.15, 0.2) is 48.8 Å². The third kappa shape index (κ3) is 4.10. The van der Waals surface area contributed by atoms with Gasteiger partial charge in [0.1, 0.15) is 11.6 Å². The Morgan fingerprint density at radius 2 is 1.79 bits per heavy atom. The molecular formula is C17H17N3O4. The molecule has 0 aliphatic rings. The summed E-state index contributed by atoms with van der Waals surface area (Å²) in [6.45, 7) is 7.43. The lowest BCUT2D eigenvalue weighted by molar-refractivity contribution is -0.384. The maximum atomic E-state index is 12.2. The first-order valence-corrected chi connectivity index (χ1v) is 7.09. The van der Waals surface area contributed by atoms with E-state index in [9.17, 15) is 20.0 Å². The topological polar surface area (TPSA) is 104 Å². The van der Waals surface area contributed by atoms with Crippen LogP contribution in [0, 0.1) is 24.0 Å². The number of hydrogen-bond acceptors (Lipinski definition) is 5. The van der Waals surface area contributed by atoms with Gasteiger partial charge in [0.2, 0.25) is 0 Å². The molecule has 0 aromatic heterocycles. The lowest BCUT2D eigenvalue weighted by atomic mass is 10.1. The molecule has 1 amide bonds. The van der Waals surface area contributed by atoms with Crippen LogP contribution in [0.5, 0.6) is 5.75 Å². The zero-order chi connectivity index (χ0) is 17.9. The SMILES string of the molecule is C=C(NC(=O)c1cc(C)cc(C)c1)Nc1cc([N+](=O)[O-])ccc1O. The van der Waals surface area contributed by atoms with Gasteiger partial charge in [0.15, 0.2) is 0 Å². The minimum atomic E-state index is -0.582. The summed E-state index contributed by atoms with van der Waals surface area (Å²) in [4.78, 5) is 22.4. The molecule has 0 bridgehead atoms. The van der Waals surface area contributed by atoms with Gasteiger partial charge in [-0.2, -0.15) is 0 Å². The van der Waals surface area contributed by atoms with Crippen molar-refractivity contribution in [2.45, 2.75) is 13.8 Å². The van der Waals surface area contributed by atoms with Crippen molar-refractivity contribution in [3.8, 4) is 5.75 Å². The highest BCUT2D eigenvalue weighted by Gasteiger charge is 2.12. The van der Waals surface area contributed by atoms with Crippen LogP contribution in [-0.4, -0.2) is 15.9 Å². The van der Waals surface area contributed by atoms with E-state index in [0.717, 1.165) is 17.2 Å². The molecule has 0 fully saturated rings. The van der Waals surface area contributed by atoms with Crippen molar-refractivity contribution in [3.63, 3.8) is 0 Å². The normalized spacial score (nSPS) is 10.1. The zero-order valence-electron chi connectivity index (χ0n) is 13.3. The molecule has 0 saturated heterocycles. The molecule has 7 heteroatoms. The number of amides is 1. The average molecular weight is 327 g/mol. The number of nitrogens with zero attached hydrogens (tertiary/aromatic N) is 1. The molecule has 0 spiro atoms. The van der Waals surface area contributed by atoms with Gasteiger partial charge in [-0.1, -0.05) is 23.8 Å². The second-order valence-corrected chi connectivity index (χ2v) is 5.39. The van der Waals surface area contributed by atoms with Gasteiger partial charge < -0.3 is 15.7 Å². The monoisotopic (exact) mass is 327 g/mol. The third-order valence-electron chi connectivity index (χ3n) is 3.22. The van der Waals surface area contributed by atoms with E-state index in [1.54, 1.807) is 12.1 Å². The second-order valence-electron chi connectivity index (χ2n) is 5.39. The molecule has 2 aromatic carbocycles. The van der Waals surface area contributed by atoms with E-state index in [0.29, 0.717) is 5.56 Å². The summed E-state index contributed by atoms with van der Waals surface area (Å²) in [6.07, 6.45) is 0.